The van der Waals surface area contributed by atoms with Crippen molar-refractivity contribution in [2.75, 3.05) is 6.61 Å². The molecule has 0 aliphatic carbocycles. The molecule has 0 heterocycles. The summed E-state index contributed by atoms with van der Waals surface area (Å²) in [4.78, 5) is -0.105. The van der Waals surface area contributed by atoms with Gasteiger partial charge in [0.05, 0.1) is 11.5 Å². The van der Waals surface area contributed by atoms with E-state index in [-0.39, 0.29) is 4.90 Å². The molecule has 0 bridgehead atoms. The minimum atomic E-state index is -4.13. The first-order chi connectivity index (χ1) is 13.5. The highest BCUT2D eigenvalue weighted by atomic mass is 32.2. The van der Waals surface area contributed by atoms with Gasteiger partial charge < -0.3 is 4.74 Å². The molecule has 0 spiro atoms. The Labute approximate surface area is 172 Å². The molecule has 0 unspecified atom stereocenters. The number of rotatable bonds is 18. The van der Waals surface area contributed by atoms with Gasteiger partial charge in [0, 0.05) is 0 Å². The van der Waals surface area contributed by atoms with E-state index in [1.807, 2.05) is 0 Å². The van der Waals surface area contributed by atoms with Crippen molar-refractivity contribution in [3.05, 3.63) is 24.3 Å². The van der Waals surface area contributed by atoms with Gasteiger partial charge in [0.15, 0.2) is 0 Å². The highest BCUT2D eigenvalue weighted by Crippen LogP contribution is 2.17. The summed E-state index contributed by atoms with van der Waals surface area (Å²) in [7, 11) is -4.13. The summed E-state index contributed by atoms with van der Waals surface area (Å²) in [6.07, 6.45) is 20.1. The maximum atomic E-state index is 11.0. The summed E-state index contributed by atoms with van der Waals surface area (Å²) in [6.45, 7) is 2.91. The van der Waals surface area contributed by atoms with Crippen molar-refractivity contribution in [3.63, 3.8) is 0 Å². The quantitative estimate of drug-likeness (QED) is 0.205. The van der Waals surface area contributed by atoms with Crippen molar-refractivity contribution in [2.24, 2.45) is 0 Å². The van der Waals surface area contributed by atoms with Crippen molar-refractivity contribution in [2.45, 2.75) is 108 Å². The molecule has 4 nitrogen and oxygen atoms in total. The van der Waals surface area contributed by atoms with Crippen LogP contribution in [0.15, 0.2) is 29.2 Å². The first-order valence-corrected chi connectivity index (χ1v) is 12.7. The van der Waals surface area contributed by atoms with E-state index in [9.17, 15) is 8.42 Å². The van der Waals surface area contributed by atoms with Gasteiger partial charge in [-0.2, -0.15) is 8.42 Å². The van der Waals surface area contributed by atoms with Gasteiger partial charge in [0.1, 0.15) is 5.75 Å². The van der Waals surface area contributed by atoms with Gasteiger partial charge in [-0.15, -0.1) is 0 Å². The highest BCUT2D eigenvalue weighted by molar-refractivity contribution is 7.85. The molecule has 1 rings (SSSR count). The molecule has 0 aliphatic heterocycles. The predicted octanol–water partition coefficient (Wildman–Crippen LogP) is 7.18. The molecule has 1 aromatic rings. The highest BCUT2D eigenvalue weighted by Gasteiger charge is 2.08. The first-order valence-electron chi connectivity index (χ1n) is 11.2. The van der Waals surface area contributed by atoms with Crippen LogP contribution in [0.5, 0.6) is 5.75 Å². The standard InChI is InChI=1S/C23H40O4S/c1-2-3-4-5-6-7-8-9-10-11-12-13-14-15-16-21-27-22-17-19-23(20-18-22)28(24,25)26/h17-20H,2-16,21H2,1H3,(H,24,25,26). The Bertz CT molecular complexity index is 581. The van der Waals surface area contributed by atoms with Crippen molar-refractivity contribution in [1.82, 2.24) is 0 Å². The van der Waals surface area contributed by atoms with Gasteiger partial charge in [0.2, 0.25) is 0 Å². The Hall–Kier alpha value is -1.07. The third-order valence-electron chi connectivity index (χ3n) is 5.14. The van der Waals surface area contributed by atoms with Crippen LogP contribution >= 0.6 is 0 Å². The van der Waals surface area contributed by atoms with Crippen molar-refractivity contribution in [3.8, 4) is 5.75 Å². The van der Waals surface area contributed by atoms with E-state index in [1.54, 1.807) is 12.1 Å². The monoisotopic (exact) mass is 412 g/mol. The Morgan fingerprint density at radius 3 is 1.46 bits per heavy atom. The third kappa shape index (κ3) is 13.2. The smallest absolute Gasteiger partial charge is 0.294 e. The molecule has 1 N–H and O–H groups in total. The molecule has 0 atom stereocenters. The van der Waals surface area contributed by atoms with E-state index in [2.05, 4.69) is 6.92 Å². The van der Waals surface area contributed by atoms with Crippen LogP contribution in [-0.4, -0.2) is 19.6 Å². The second kappa shape index (κ2) is 15.8. The van der Waals surface area contributed by atoms with Crippen LogP contribution in [0.2, 0.25) is 0 Å². The molecule has 0 fully saturated rings. The molecule has 162 valence electrons. The molecular formula is C23H40O4S. The summed E-state index contributed by atoms with van der Waals surface area (Å²) in [5.41, 5.74) is 0. The fraction of sp³-hybridized carbons (Fsp3) is 0.739. The summed E-state index contributed by atoms with van der Waals surface area (Å²) in [6, 6.07) is 5.87. The Balaban J connectivity index is 1.85. The third-order valence-corrected chi connectivity index (χ3v) is 6.01. The molecule has 5 heteroatoms. The lowest BCUT2D eigenvalue weighted by Gasteiger charge is -2.07. The van der Waals surface area contributed by atoms with Gasteiger partial charge in [-0.1, -0.05) is 96.8 Å². The van der Waals surface area contributed by atoms with Gasteiger partial charge in [-0.25, -0.2) is 0 Å². The minimum absolute atomic E-state index is 0.105. The molecule has 0 aliphatic rings. The van der Waals surface area contributed by atoms with E-state index in [4.69, 9.17) is 9.29 Å². The Morgan fingerprint density at radius 1 is 0.679 bits per heavy atom. The largest absolute Gasteiger partial charge is 0.494 e. The maximum absolute atomic E-state index is 11.0. The Morgan fingerprint density at radius 2 is 1.07 bits per heavy atom. The minimum Gasteiger partial charge on any atom is -0.494 e. The van der Waals surface area contributed by atoms with Gasteiger partial charge in [-0.3, -0.25) is 4.55 Å². The number of benzene rings is 1. The van der Waals surface area contributed by atoms with Crippen molar-refractivity contribution >= 4 is 10.1 Å². The van der Waals surface area contributed by atoms with Crippen LogP contribution in [0.3, 0.4) is 0 Å². The summed E-state index contributed by atoms with van der Waals surface area (Å²) in [5.74, 6) is 0.637. The molecule has 0 aromatic heterocycles. The zero-order valence-corrected chi connectivity index (χ0v) is 18.5. The second-order valence-corrected chi connectivity index (χ2v) is 9.17. The maximum Gasteiger partial charge on any atom is 0.294 e. The fourth-order valence-corrected chi connectivity index (χ4v) is 3.85. The lowest BCUT2D eigenvalue weighted by molar-refractivity contribution is 0.304. The lowest BCUT2D eigenvalue weighted by Crippen LogP contribution is -2.00. The molecule has 1 aromatic carbocycles. The molecule has 0 radical (unpaired) electrons. The van der Waals surface area contributed by atoms with E-state index >= 15 is 0 Å². The van der Waals surface area contributed by atoms with E-state index in [0.717, 1.165) is 6.42 Å². The van der Waals surface area contributed by atoms with Crippen LogP contribution in [0.4, 0.5) is 0 Å². The molecule has 28 heavy (non-hydrogen) atoms. The van der Waals surface area contributed by atoms with Crippen LogP contribution < -0.4 is 4.74 Å². The van der Waals surface area contributed by atoms with Crippen molar-refractivity contribution in [1.29, 1.82) is 0 Å². The van der Waals surface area contributed by atoms with Crippen LogP contribution in [0.25, 0.3) is 0 Å². The van der Waals surface area contributed by atoms with Crippen LogP contribution in [0.1, 0.15) is 103 Å². The number of hydrogen-bond acceptors (Lipinski definition) is 3. The molecule has 0 amide bonds. The van der Waals surface area contributed by atoms with Gasteiger partial charge in [-0.05, 0) is 30.7 Å². The summed E-state index contributed by atoms with van der Waals surface area (Å²) in [5, 5.41) is 0. The van der Waals surface area contributed by atoms with E-state index in [1.165, 1.54) is 102 Å². The fourth-order valence-electron chi connectivity index (χ4n) is 3.37. The topological polar surface area (TPSA) is 63.6 Å². The lowest BCUT2D eigenvalue weighted by atomic mass is 10.0. The molecular weight excluding hydrogens is 372 g/mol. The number of hydrogen-bond donors (Lipinski definition) is 1. The Kier molecular flexibility index (Phi) is 14.1. The van der Waals surface area contributed by atoms with Gasteiger partial charge in [0.25, 0.3) is 10.1 Å². The van der Waals surface area contributed by atoms with E-state index in [0.29, 0.717) is 12.4 Å². The summed E-state index contributed by atoms with van der Waals surface area (Å²) >= 11 is 0. The predicted molar refractivity (Wildman–Crippen MR) is 117 cm³/mol. The number of ether oxygens (including phenoxy) is 1. The molecule has 0 saturated carbocycles. The SMILES string of the molecule is CCCCCCCCCCCCCCCCCOc1ccc(S(=O)(=O)O)cc1. The zero-order valence-electron chi connectivity index (χ0n) is 17.7. The second-order valence-electron chi connectivity index (χ2n) is 7.74. The summed E-state index contributed by atoms with van der Waals surface area (Å²) < 4.78 is 36.5. The number of unbranched alkanes of at least 4 members (excludes halogenated alkanes) is 14. The van der Waals surface area contributed by atoms with Gasteiger partial charge >= 0.3 is 0 Å². The average molecular weight is 413 g/mol. The van der Waals surface area contributed by atoms with Crippen molar-refractivity contribution < 1.29 is 17.7 Å². The van der Waals surface area contributed by atoms with E-state index < -0.39 is 10.1 Å². The first kappa shape index (κ1) is 25.0. The zero-order chi connectivity index (χ0) is 20.5. The van der Waals surface area contributed by atoms with Crippen LogP contribution in [0, 0.1) is 0 Å². The molecule has 0 saturated heterocycles. The average Bonchev–Trinajstić information content (AvgIpc) is 2.67. The van der Waals surface area contributed by atoms with Crippen LogP contribution in [-0.2, 0) is 10.1 Å². The normalized spacial score (nSPS) is 11.6.